The van der Waals surface area contributed by atoms with Crippen molar-refractivity contribution in [1.82, 2.24) is 0 Å². The van der Waals surface area contributed by atoms with Crippen molar-refractivity contribution >= 4 is 11.6 Å². The van der Waals surface area contributed by atoms with Crippen LogP contribution in [0.15, 0.2) is 18.2 Å². The van der Waals surface area contributed by atoms with Crippen LogP contribution < -0.4 is 0 Å². The van der Waals surface area contributed by atoms with Crippen molar-refractivity contribution in [1.29, 1.82) is 0 Å². The van der Waals surface area contributed by atoms with Gasteiger partial charge in [-0.1, -0.05) is 24.6 Å². The SMILES string of the molecule is C[C@@H]1CC(c2ccc(F)cc2Cl)CCC1(F)F. The van der Waals surface area contributed by atoms with E-state index in [-0.39, 0.29) is 12.3 Å². The standard InChI is InChI=1S/C13H14ClF3/c1-8-6-9(4-5-13(8,16)17)11-3-2-10(15)7-12(11)14/h2-3,7-9H,4-6H2,1H3/t8-,9?/m1/s1. The first kappa shape index (κ1) is 12.7. The maximum atomic E-state index is 13.4. The maximum absolute atomic E-state index is 13.4. The summed E-state index contributed by atoms with van der Waals surface area (Å²) in [6.45, 7) is 1.56. The Morgan fingerprint density at radius 3 is 2.65 bits per heavy atom. The molecule has 0 nitrogen and oxygen atoms in total. The molecule has 0 amide bonds. The molecule has 1 aliphatic rings. The number of alkyl halides is 2. The van der Waals surface area contributed by atoms with Crippen molar-refractivity contribution in [2.24, 2.45) is 5.92 Å². The van der Waals surface area contributed by atoms with Crippen molar-refractivity contribution in [2.75, 3.05) is 0 Å². The first-order valence-electron chi connectivity index (χ1n) is 5.73. The summed E-state index contributed by atoms with van der Waals surface area (Å²) in [7, 11) is 0. The predicted molar refractivity (Wildman–Crippen MR) is 62.1 cm³/mol. The van der Waals surface area contributed by atoms with Crippen LogP contribution in [-0.4, -0.2) is 5.92 Å². The molecule has 1 unspecified atom stereocenters. The molecule has 0 radical (unpaired) electrons. The van der Waals surface area contributed by atoms with E-state index in [0.717, 1.165) is 5.56 Å². The van der Waals surface area contributed by atoms with E-state index in [1.54, 1.807) is 13.0 Å². The zero-order valence-corrected chi connectivity index (χ0v) is 10.3. The molecule has 0 heterocycles. The highest BCUT2D eigenvalue weighted by molar-refractivity contribution is 6.31. The average molecular weight is 263 g/mol. The van der Waals surface area contributed by atoms with Crippen LogP contribution in [0, 0.1) is 11.7 Å². The second-order valence-corrected chi connectivity index (χ2v) is 5.21. The Morgan fingerprint density at radius 2 is 2.06 bits per heavy atom. The summed E-state index contributed by atoms with van der Waals surface area (Å²) < 4.78 is 39.6. The molecule has 0 N–H and O–H groups in total. The Kier molecular flexibility index (Phi) is 3.39. The van der Waals surface area contributed by atoms with Crippen LogP contribution in [0.4, 0.5) is 13.2 Å². The minimum Gasteiger partial charge on any atom is -0.207 e. The van der Waals surface area contributed by atoms with Gasteiger partial charge in [0.15, 0.2) is 0 Å². The van der Waals surface area contributed by atoms with Gasteiger partial charge in [0.1, 0.15) is 5.82 Å². The van der Waals surface area contributed by atoms with Crippen molar-refractivity contribution in [2.45, 2.75) is 38.0 Å². The topological polar surface area (TPSA) is 0 Å². The molecule has 2 atom stereocenters. The highest BCUT2D eigenvalue weighted by Crippen LogP contribution is 2.45. The predicted octanol–water partition coefficient (Wildman–Crippen LogP) is 5.02. The second kappa shape index (κ2) is 4.52. The van der Waals surface area contributed by atoms with Gasteiger partial charge in [-0.15, -0.1) is 0 Å². The molecular weight excluding hydrogens is 249 g/mol. The molecular formula is C13H14ClF3. The molecule has 1 fully saturated rings. The number of halogens is 4. The van der Waals surface area contributed by atoms with Gasteiger partial charge in [0.2, 0.25) is 0 Å². The molecule has 1 aliphatic carbocycles. The first-order valence-corrected chi connectivity index (χ1v) is 6.10. The van der Waals surface area contributed by atoms with E-state index in [0.29, 0.717) is 17.9 Å². The molecule has 94 valence electrons. The zero-order chi connectivity index (χ0) is 12.6. The molecule has 0 bridgehead atoms. The summed E-state index contributed by atoms with van der Waals surface area (Å²) in [5, 5.41) is 0.340. The summed E-state index contributed by atoms with van der Waals surface area (Å²) in [6, 6.07) is 4.19. The number of benzene rings is 1. The maximum Gasteiger partial charge on any atom is 0.250 e. The average Bonchev–Trinajstić information content (AvgIpc) is 2.23. The second-order valence-electron chi connectivity index (χ2n) is 4.80. The molecule has 0 saturated heterocycles. The van der Waals surface area contributed by atoms with Crippen molar-refractivity contribution in [3.63, 3.8) is 0 Å². The largest absolute Gasteiger partial charge is 0.250 e. The van der Waals surface area contributed by atoms with Gasteiger partial charge in [-0.3, -0.25) is 0 Å². The van der Waals surface area contributed by atoms with E-state index in [1.807, 2.05) is 0 Å². The minimum atomic E-state index is -2.58. The molecule has 4 heteroatoms. The van der Waals surface area contributed by atoms with E-state index in [4.69, 9.17) is 11.6 Å². The van der Waals surface area contributed by atoms with Crippen LogP contribution in [0.5, 0.6) is 0 Å². The summed E-state index contributed by atoms with van der Waals surface area (Å²) in [6.07, 6.45) is 0.688. The summed E-state index contributed by atoms with van der Waals surface area (Å²) in [4.78, 5) is 0. The highest BCUT2D eigenvalue weighted by atomic mass is 35.5. The lowest BCUT2D eigenvalue weighted by molar-refractivity contribution is -0.0830. The fourth-order valence-corrected chi connectivity index (χ4v) is 2.77. The van der Waals surface area contributed by atoms with Gasteiger partial charge < -0.3 is 0 Å². The Balaban J connectivity index is 2.19. The quantitative estimate of drug-likeness (QED) is 0.667. The molecule has 0 aromatic heterocycles. The fourth-order valence-electron chi connectivity index (χ4n) is 2.45. The lowest BCUT2D eigenvalue weighted by atomic mass is 9.76. The van der Waals surface area contributed by atoms with Crippen molar-refractivity contribution < 1.29 is 13.2 Å². The lowest BCUT2D eigenvalue weighted by Crippen LogP contribution is -2.32. The highest BCUT2D eigenvalue weighted by Gasteiger charge is 2.42. The van der Waals surface area contributed by atoms with Crippen LogP contribution in [0.3, 0.4) is 0 Å². The lowest BCUT2D eigenvalue weighted by Gasteiger charge is -2.34. The van der Waals surface area contributed by atoms with Gasteiger partial charge in [-0.2, -0.15) is 0 Å². The minimum absolute atomic E-state index is 0.0118. The Bertz CT molecular complexity index is 417. The molecule has 1 aromatic carbocycles. The van der Waals surface area contributed by atoms with Crippen LogP contribution in [0.1, 0.15) is 37.7 Å². The van der Waals surface area contributed by atoms with Crippen LogP contribution >= 0.6 is 11.6 Å². The van der Waals surface area contributed by atoms with Gasteiger partial charge in [-0.05, 0) is 36.5 Å². The third kappa shape index (κ3) is 2.59. The summed E-state index contributed by atoms with van der Waals surface area (Å²) in [5.41, 5.74) is 0.787. The van der Waals surface area contributed by atoms with Gasteiger partial charge in [0.05, 0.1) is 0 Å². The molecule has 2 rings (SSSR count). The van der Waals surface area contributed by atoms with Crippen molar-refractivity contribution in [3.05, 3.63) is 34.6 Å². The van der Waals surface area contributed by atoms with E-state index in [2.05, 4.69) is 0 Å². The molecule has 0 aliphatic heterocycles. The van der Waals surface area contributed by atoms with Gasteiger partial charge >= 0.3 is 0 Å². The Morgan fingerprint density at radius 1 is 1.35 bits per heavy atom. The Labute approximate surface area is 104 Å². The molecule has 17 heavy (non-hydrogen) atoms. The molecule has 0 spiro atoms. The van der Waals surface area contributed by atoms with E-state index >= 15 is 0 Å². The summed E-state index contributed by atoms with van der Waals surface area (Å²) in [5.74, 6) is -3.61. The van der Waals surface area contributed by atoms with Gasteiger partial charge in [-0.25, -0.2) is 13.2 Å². The zero-order valence-electron chi connectivity index (χ0n) is 9.52. The van der Waals surface area contributed by atoms with E-state index in [1.165, 1.54) is 12.1 Å². The van der Waals surface area contributed by atoms with Gasteiger partial charge in [0, 0.05) is 17.4 Å². The Hall–Kier alpha value is -0.700. The van der Waals surface area contributed by atoms with E-state index in [9.17, 15) is 13.2 Å². The van der Waals surface area contributed by atoms with Crippen LogP contribution in [-0.2, 0) is 0 Å². The third-order valence-corrected chi connectivity index (χ3v) is 3.91. The van der Waals surface area contributed by atoms with Crippen molar-refractivity contribution in [3.8, 4) is 0 Å². The van der Waals surface area contributed by atoms with Gasteiger partial charge in [0.25, 0.3) is 5.92 Å². The number of hydrogen-bond donors (Lipinski definition) is 0. The fraction of sp³-hybridized carbons (Fsp3) is 0.538. The summed E-state index contributed by atoms with van der Waals surface area (Å²) >= 11 is 5.95. The number of rotatable bonds is 1. The first-order chi connectivity index (χ1) is 7.90. The molecule has 1 aromatic rings. The van der Waals surface area contributed by atoms with E-state index < -0.39 is 17.7 Å². The monoisotopic (exact) mass is 262 g/mol. The molecule has 1 saturated carbocycles. The normalized spacial score (nSPS) is 28.1. The third-order valence-electron chi connectivity index (χ3n) is 3.59. The van der Waals surface area contributed by atoms with Crippen LogP contribution in [0.25, 0.3) is 0 Å². The number of hydrogen-bond acceptors (Lipinski definition) is 0. The smallest absolute Gasteiger partial charge is 0.207 e. The van der Waals surface area contributed by atoms with Crippen LogP contribution in [0.2, 0.25) is 5.02 Å².